The standard InChI is InChI=1S/C15H17F3NO5.C2HF3O2.Hg/c1-4-24-13(20)10(19-14(21)15(16,17)18)7-9-5-6-11(22-2)12(8-9)23-3;3-2(4,5)1(6)7;/h6,8,10H,4,7H2,1-3H3,(H,19,21);(H,6,7);/q;;+1/p-1. The number of rotatable bonds is 9. The quantitative estimate of drug-likeness (QED) is 0.244. The molecule has 1 aromatic rings. The summed E-state index contributed by atoms with van der Waals surface area (Å²) in [5, 5.41) is 1.50. The van der Waals surface area contributed by atoms with E-state index in [4.69, 9.17) is 9.47 Å². The van der Waals surface area contributed by atoms with Gasteiger partial charge in [-0.2, -0.15) is 0 Å². The molecule has 0 radical (unpaired) electrons. The number of halogens is 6. The van der Waals surface area contributed by atoms with Gasteiger partial charge in [0.05, 0.1) is 0 Å². The van der Waals surface area contributed by atoms with Crippen molar-refractivity contribution in [2.24, 2.45) is 0 Å². The molecular weight excluding hydrogens is 645 g/mol. The van der Waals surface area contributed by atoms with E-state index in [1.54, 1.807) is 0 Å². The molecule has 1 rings (SSSR count). The van der Waals surface area contributed by atoms with E-state index in [-0.39, 0.29) is 26.7 Å². The summed E-state index contributed by atoms with van der Waals surface area (Å²) in [6, 6.07) is 0.599. The van der Waals surface area contributed by atoms with Crippen molar-refractivity contribution >= 4 is 20.9 Å². The minimum atomic E-state index is -5.30. The Balaban J connectivity index is 3.34. The van der Waals surface area contributed by atoms with Crippen LogP contribution in [0.15, 0.2) is 12.1 Å². The zero-order chi connectivity index (χ0) is 24.7. The van der Waals surface area contributed by atoms with Gasteiger partial charge in [-0.05, 0) is 0 Å². The minimum absolute atomic E-state index is 0.0276. The Morgan fingerprint density at radius 1 is 1.00 bits per heavy atom. The molecule has 1 amide bonds. The Hall–Kier alpha value is -2.25. The van der Waals surface area contributed by atoms with Crippen LogP contribution in [-0.2, 0) is 53.2 Å². The normalized spacial score (nSPS) is 12.3. The molecule has 32 heavy (non-hydrogen) atoms. The fourth-order valence-electron chi connectivity index (χ4n) is 2.41. The van der Waals surface area contributed by atoms with Crippen molar-refractivity contribution in [2.75, 3.05) is 20.8 Å². The van der Waals surface area contributed by atoms with Crippen LogP contribution in [0, 0.1) is 0 Å². The topological polar surface area (TPSA) is 100 Å². The molecule has 0 aromatic heterocycles. The van der Waals surface area contributed by atoms with Crippen LogP contribution >= 0.6 is 0 Å². The number of methoxy groups -OCH3 is 2. The van der Waals surface area contributed by atoms with Gasteiger partial charge >= 0.3 is 191 Å². The van der Waals surface area contributed by atoms with Crippen LogP contribution in [0.4, 0.5) is 26.3 Å². The number of alkyl halides is 6. The molecule has 1 unspecified atom stereocenters. The number of hydrogen-bond donors (Lipinski definition) is 1. The second-order valence-electron chi connectivity index (χ2n) is 6.03. The fraction of sp³-hybridized carbons (Fsp3) is 0.471. The zero-order valence-corrected chi connectivity index (χ0v) is 22.5. The predicted molar refractivity (Wildman–Crippen MR) is 89.6 cm³/mol. The molecule has 0 aliphatic heterocycles. The van der Waals surface area contributed by atoms with E-state index in [1.807, 2.05) is 0 Å². The van der Waals surface area contributed by atoms with E-state index in [9.17, 15) is 40.7 Å². The van der Waals surface area contributed by atoms with E-state index < -0.39 is 67.7 Å². The Labute approximate surface area is 190 Å². The maximum absolute atomic E-state index is 12.7. The monoisotopic (exact) mass is 663 g/mol. The van der Waals surface area contributed by atoms with Crippen molar-refractivity contribution in [3.8, 4) is 11.5 Å². The SMILES string of the molecule is CCOC(=O)C(Cc1cc(OC)c(OC)c[c]1[Hg][O]C(=O)C(F)(F)F)NC(=O)C(F)(F)F. The number of nitrogens with one attached hydrogen (secondary N) is 1. The number of carbonyl (C=O) groups is 3. The van der Waals surface area contributed by atoms with Crippen LogP contribution in [0.2, 0.25) is 0 Å². The first-order chi connectivity index (χ1) is 14.7. The molecule has 0 aliphatic carbocycles. The first-order valence-corrected chi connectivity index (χ1v) is 13.8. The second kappa shape index (κ2) is 11.6. The molecule has 0 aliphatic rings. The van der Waals surface area contributed by atoms with Crippen LogP contribution < -0.4 is 17.9 Å². The molecule has 1 N–H and O–H groups in total. The van der Waals surface area contributed by atoms with Crippen molar-refractivity contribution in [2.45, 2.75) is 31.7 Å². The van der Waals surface area contributed by atoms with Gasteiger partial charge in [-0.3, -0.25) is 0 Å². The van der Waals surface area contributed by atoms with Gasteiger partial charge in [-0.15, -0.1) is 0 Å². The number of hydrogen-bond acceptors (Lipinski definition) is 7. The van der Waals surface area contributed by atoms with Crippen molar-refractivity contribution in [3.63, 3.8) is 0 Å². The number of benzene rings is 1. The third kappa shape index (κ3) is 8.02. The van der Waals surface area contributed by atoms with Gasteiger partial charge in [0.1, 0.15) is 0 Å². The molecule has 8 nitrogen and oxygen atoms in total. The first kappa shape index (κ1) is 27.8. The van der Waals surface area contributed by atoms with Crippen LogP contribution in [0.25, 0.3) is 0 Å². The van der Waals surface area contributed by atoms with Crippen molar-refractivity contribution < 1.29 is 82.6 Å². The molecule has 176 valence electrons. The average Bonchev–Trinajstić information content (AvgIpc) is 2.70. The average molecular weight is 662 g/mol. The summed E-state index contributed by atoms with van der Waals surface area (Å²) < 4.78 is 94.7. The Kier molecular flexibility index (Phi) is 10.0. The molecule has 0 spiro atoms. The number of ether oxygens (including phenoxy) is 3. The van der Waals surface area contributed by atoms with E-state index in [1.165, 1.54) is 38.6 Å². The summed E-state index contributed by atoms with van der Waals surface area (Å²) in [5.41, 5.74) is 0.0276. The second-order valence-corrected chi connectivity index (χ2v) is 11.2. The van der Waals surface area contributed by atoms with Gasteiger partial charge < -0.3 is 0 Å². The summed E-state index contributed by atoms with van der Waals surface area (Å²) >= 11 is -3.34. The molecule has 0 heterocycles. The molecule has 0 saturated heterocycles. The van der Waals surface area contributed by atoms with Gasteiger partial charge in [0, 0.05) is 0 Å². The Morgan fingerprint density at radius 3 is 2.03 bits per heavy atom. The van der Waals surface area contributed by atoms with Crippen LogP contribution in [0.3, 0.4) is 0 Å². The van der Waals surface area contributed by atoms with Gasteiger partial charge in [0.25, 0.3) is 0 Å². The molecule has 1 aromatic carbocycles. The van der Waals surface area contributed by atoms with Crippen LogP contribution in [0.5, 0.6) is 11.5 Å². The van der Waals surface area contributed by atoms with Crippen LogP contribution in [-0.4, -0.2) is 57.1 Å². The van der Waals surface area contributed by atoms with Gasteiger partial charge in [-0.25, -0.2) is 0 Å². The van der Waals surface area contributed by atoms with Crippen molar-refractivity contribution in [3.05, 3.63) is 17.7 Å². The van der Waals surface area contributed by atoms with E-state index >= 15 is 0 Å². The van der Waals surface area contributed by atoms with Crippen LogP contribution in [0.1, 0.15) is 12.5 Å². The molecule has 0 fully saturated rings. The maximum atomic E-state index is 12.7. The first-order valence-electron chi connectivity index (χ1n) is 8.76. The molecule has 15 heteroatoms. The molecule has 1 atom stereocenters. The summed E-state index contributed by atoms with van der Waals surface area (Å²) in [7, 11) is 2.45. The summed E-state index contributed by atoms with van der Waals surface area (Å²) in [5.74, 6) is -5.92. The Bertz CT molecular complexity index is 844. The van der Waals surface area contributed by atoms with Gasteiger partial charge in [-0.1, -0.05) is 0 Å². The third-order valence-corrected chi connectivity index (χ3v) is 9.20. The summed E-state index contributed by atoms with van der Waals surface area (Å²) in [4.78, 5) is 34.6. The Morgan fingerprint density at radius 2 is 1.56 bits per heavy atom. The molecular formula is C17H17F6HgNO7. The summed E-state index contributed by atoms with van der Waals surface area (Å²) in [6.07, 6.45) is -11.1. The van der Waals surface area contributed by atoms with Gasteiger partial charge in [0.2, 0.25) is 0 Å². The summed E-state index contributed by atoms with van der Waals surface area (Å²) in [6.45, 7) is 1.18. The number of esters is 1. The zero-order valence-electron chi connectivity index (χ0n) is 17.0. The van der Waals surface area contributed by atoms with Gasteiger partial charge in [0.15, 0.2) is 0 Å². The molecule has 0 bridgehead atoms. The third-order valence-electron chi connectivity index (χ3n) is 3.85. The van der Waals surface area contributed by atoms with Crippen molar-refractivity contribution in [1.29, 1.82) is 0 Å². The van der Waals surface area contributed by atoms with Crippen molar-refractivity contribution in [1.82, 2.24) is 5.32 Å². The van der Waals surface area contributed by atoms with E-state index in [0.29, 0.717) is 0 Å². The molecule has 0 saturated carbocycles. The van der Waals surface area contributed by atoms with E-state index in [2.05, 4.69) is 7.38 Å². The fourth-order valence-corrected chi connectivity index (χ4v) is 6.88. The predicted octanol–water partition coefficient (Wildman–Crippen LogP) is 1.58. The number of carbonyl (C=O) groups excluding carboxylic acids is 3. The number of amides is 1. The van der Waals surface area contributed by atoms with E-state index in [0.717, 1.165) is 0 Å².